The van der Waals surface area contributed by atoms with Gasteiger partial charge >= 0.3 is 0 Å². The van der Waals surface area contributed by atoms with Crippen molar-refractivity contribution in [2.45, 2.75) is 63.6 Å². The highest BCUT2D eigenvalue weighted by atomic mass is 16.5. The van der Waals surface area contributed by atoms with Gasteiger partial charge in [-0.05, 0) is 32.1 Å². The van der Waals surface area contributed by atoms with E-state index in [9.17, 15) is 9.90 Å². The van der Waals surface area contributed by atoms with E-state index in [0.717, 1.165) is 45.1 Å². The van der Waals surface area contributed by atoms with E-state index in [1.165, 1.54) is 6.42 Å². The maximum absolute atomic E-state index is 11.7. The predicted octanol–water partition coefficient (Wildman–Crippen LogP) is 1.61. The molecule has 2 rings (SSSR count). The molecular weight excluding hydrogens is 230 g/mol. The molecule has 3 unspecified atom stereocenters. The lowest BCUT2D eigenvalue weighted by Gasteiger charge is -2.27. The molecule has 1 aliphatic carbocycles. The zero-order valence-corrected chi connectivity index (χ0v) is 11.1. The topological polar surface area (TPSA) is 58.6 Å². The molecule has 0 aromatic carbocycles. The van der Waals surface area contributed by atoms with Crippen molar-refractivity contribution in [3.05, 3.63) is 0 Å². The summed E-state index contributed by atoms with van der Waals surface area (Å²) in [5, 5.41) is 12.8. The number of rotatable bonds is 5. The van der Waals surface area contributed by atoms with Crippen molar-refractivity contribution in [1.82, 2.24) is 5.32 Å². The van der Waals surface area contributed by atoms with Gasteiger partial charge in [-0.1, -0.05) is 12.8 Å². The molecule has 0 aromatic heterocycles. The lowest BCUT2D eigenvalue weighted by molar-refractivity contribution is -0.122. The zero-order valence-electron chi connectivity index (χ0n) is 11.1. The third kappa shape index (κ3) is 4.25. The highest BCUT2D eigenvalue weighted by Crippen LogP contribution is 2.23. The summed E-state index contributed by atoms with van der Waals surface area (Å²) in [7, 11) is 0. The largest absolute Gasteiger partial charge is 0.393 e. The van der Waals surface area contributed by atoms with Gasteiger partial charge in [0.1, 0.15) is 0 Å². The minimum absolute atomic E-state index is 0.100. The van der Waals surface area contributed by atoms with Gasteiger partial charge in [0.25, 0.3) is 0 Å². The van der Waals surface area contributed by atoms with E-state index in [1.807, 2.05) is 0 Å². The van der Waals surface area contributed by atoms with Crippen LogP contribution >= 0.6 is 0 Å². The van der Waals surface area contributed by atoms with Crippen LogP contribution < -0.4 is 5.32 Å². The molecule has 2 N–H and O–H groups in total. The molecule has 0 aromatic rings. The van der Waals surface area contributed by atoms with Crippen molar-refractivity contribution in [3.63, 3.8) is 0 Å². The third-order valence-electron chi connectivity index (χ3n) is 4.15. The van der Waals surface area contributed by atoms with Crippen molar-refractivity contribution in [2.24, 2.45) is 5.92 Å². The van der Waals surface area contributed by atoms with E-state index in [2.05, 4.69) is 5.32 Å². The van der Waals surface area contributed by atoms with Crippen molar-refractivity contribution in [2.75, 3.05) is 13.2 Å². The summed E-state index contributed by atoms with van der Waals surface area (Å²) in [5.41, 5.74) is 0. The van der Waals surface area contributed by atoms with Crippen molar-refractivity contribution in [1.29, 1.82) is 0 Å². The minimum Gasteiger partial charge on any atom is -0.393 e. The van der Waals surface area contributed by atoms with Gasteiger partial charge in [0.05, 0.1) is 12.2 Å². The molecule has 0 radical (unpaired) electrons. The van der Waals surface area contributed by atoms with Gasteiger partial charge in [0, 0.05) is 25.5 Å². The van der Waals surface area contributed by atoms with Crippen LogP contribution in [0.5, 0.6) is 0 Å². The fourth-order valence-electron chi connectivity index (χ4n) is 2.92. The van der Waals surface area contributed by atoms with Crippen LogP contribution in [0.3, 0.4) is 0 Å². The Balaban J connectivity index is 1.58. The average Bonchev–Trinajstić information content (AvgIpc) is 2.88. The number of amides is 1. The summed E-state index contributed by atoms with van der Waals surface area (Å²) in [6, 6.07) is 0. The van der Waals surface area contributed by atoms with Crippen LogP contribution in [0.15, 0.2) is 0 Å². The van der Waals surface area contributed by atoms with Crippen LogP contribution in [-0.4, -0.2) is 36.4 Å². The summed E-state index contributed by atoms with van der Waals surface area (Å²) in [4.78, 5) is 11.7. The van der Waals surface area contributed by atoms with E-state index in [-0.39, 0.29) is 24.0 Å². The second-order valence-electron chi connectivity index (χ2n) is 5.59. The molecule has 0 bridgehead atoms. The summed E-state index contributed by atoms with van der Waals surface area (Å²) < 4.78 is 5.49. The van der Waals surface area contributed by atoms with Gasteiger partial charge in [-0.15, -0.1) is 0 Å². The van der Waals surface area contributed by atoms with E-state index < -0.39 is 0 Å². The Morgan fingerprint density at radius 1 is 1.22 bits per heavy atom. The minimum atomic E-state index is -0.225. The molecule has 2 fully saturated rings. The molecule has 1 heterocycles. The molecule has 1 saturated heterocycles. The zero-order chi connectivity index (χ0) is 12.8. The van der Waals surface area contributed by atoms with Gasteiger partial charge in [0.2, 0.25) is 5.91 Å². The van der Waals surface area contributed by atoms with Gasteiger partial charge in [0.15, 0.2) is 0 Å². The van der Waals surface area contributed by atoms with Gasteiger partial charge in [-0.3, -0.25) is 4.79 Å². The summed E-state index contributed by atoms with van der Waals surface area (Å²) in [5.74, 6) is 0.355. The Hall–Kier alpha value is -0.610. The quantitative estimate of drug-likeness (QED) is 0.784. The number of aliphatic hydroxyl groups excluding tert-OH is 1. The predicted molar refractivity (Wildman–Crippen MR) is 69.2 cm³/mol. The van der Waals surface area contributed by atoms with Crippen molar-refractivity contribution in [3.8, 4) is 0 Å². The lowest BCUT2D eigenvalue weighted by Crippen LogP contribution is -2.36. The molecule has 4 heteroatoms. The molecule has 1 amide bonds. The van der Waals surface area contributed by atoms with Gasteiger partial charge < -0.3 is 15.2 Å². The molecular formula is C14H25NO3. The number of nitrogens with one attached hydrogen (secondary N) is 1. The number of ether oxygens (including phenoxy) is 1. The third-order valence-corrected chi connectivity index (χ3v) is 4.15. The number of carbonyl (C=O) groups is 1. The summed E-state index contributed by atoms with van der Waals surface area (Å²) in [6.45, 7) is 1.48. The van der Waals surface area contributed by atoms with Gasteiger partial charge in [-0.2, -0.15) is 0 Å². The molecule has 1 aliphatic heterocycles. The first-order valence-electron chi connectivity index (χ1n) is 7.32. The smallest absolute Gasteiger partial charge is 0.220 e. The SMILES string of the molecule is O=C(CCC1CCCO1)NCC1CCCCC1O. The molecule has 3 atom stereocenters. The van der Waals surface area contributed by atoms with Crippen LogP contribution in [0, 0.1) is 5.92 Å². The van der Waals surface area contributed by atoms with Crippen LogP contribution in [0.25, 0.3) is 0 Å². The first kappa shape index (κ1) is 13.8. The Kier molecular flexibility index (Phi) is 5.45. The second-order valence-corrected chi connectivity index (χ2v) is 5.59. The Morgan fingerprint density at radius 3 is 2.78 bits per heavy atom. The number of aliphatic hydroxyl groups is 1. The second kappa shape index (κ2) is 7.10. The number of carbonyl (C=O) groups excluding carboxylic acids is 1. The normalized spacial score (nSPS) is 32.4. The van der Waals surface area contributed by atoms with Gasteiger partial charge in [-0.25, -0.2) is 0 Å². The number of hydrogen-bond donors (Lipinski definition) is 2. The van der Waals surface area contributed by atoms with E-state index in [0.29, 0.717) is 13.0 Å². The summed E-state index contributed by atoms with van der Waals surface area (Å²) >= 11 is 0. The van der Waals surface area contributed by atoms with Crippen molar-refractivity contribution < 1.29 is 14.6 Å². The fourth-order valence-corrected chi connectivity index (χ4v) is 2.92. The maximum Gasteiger partial charge on any atom is 0.220 e. The number of hydrogen-bond acceptors (Lipinski definition) is 3. The fraction of sp³-hybridized carbons (Fsp3) is 0.929. The maximum atomic E-state index is 11.7. The molecule has 0 spiro atoms. The highest BCUT2D eigenvalue weighted by molar-refractivity contribution is 5.75. The van der Waals surface area contributed by atoms with Crippen LogP contribution in [0.1, 0.15) is 51.4 Å². The van der Waals surface area contributed by atoms with Crippen LogP contribution in [0.2, 0.25) is 0 Å². The molecule has 1 saturated carbocycles. The Labute approximate surface area is 109 Å². The molecule has 4 nitrogen and oxygen atoms in total. The Bertz CT molecular complexity index is 264. The average molecular weight is 255 g/mol. The highest BCUT2D eigenvalue weighted by Gasteiger charge is 2.23. The molecule has 104 valence electrons. The standard InChI is InChI=1S/C14H25NO3/c16-13-6-2-1-4-11(13)10-15-14(17)8-7-12-5-3-9-18-12/h11-13,16H,1-10H2,(H,15,17). The first-order chi connectivity index (χ1) is 8.75. The van der Waals surface area contributed by atoms with E-state index >= 15 is 0 Å². The lowest BCUT2D eigenvalue weighted by atomic mass is 9.86. The Morgan fingerprint density at radius 2 is 2.06 bits per heavy atom. The van der Waals surface area contributed by atoms with E-state index in [1.54, 1.807) is 0 Å². The molecule has 2 aliphatic rings. The summed E-state index contributed by atoms with van der Waals surface area (Å²) in [6.07, 6.45) is 7.87. The van der Waals surface area contributed by atoms with Crippen LogP contribution in [-0.2, 0) is 9.53 Å². The monoisotopic (exact) mass is 255 g/mol. The van der Waals surface area contributed by atoms with E-state index in [4.69, 9.17) is 4.74 Å². The van der Waals surface area contributed by atoms with Crippen LogP contribution in [0.4, 0.5) is 0 Å². The molecule has 18 heavy (non-hydrogen) atoms. The van der Waals surface area contributed by atoms with Crippen molar-refractivity contribution >= 4 is 5.91 Å². The first-order valence-corrected chi connectivity index (χ1v) is 7.32.